The highest BCUT2D eigenvalue weighted by molar-refractivity contribution is 8.14. The molecule has 0 saturated heterocycles. The first-order valence-electron chi connectivity index (χ1n) is 6.76. The van der Waals surface area contributed by atoms with Gasteiger partial charge in [-0.05, 0) is 36.5 Å². The lowest BCUT2D eigenvalue weighted by molar-refractivity contribution is 0.634. The molecule has 0 aromatic heterocycles. The Hall–Kier alpha value is -0.960. The fourth-order valence-corrected chi connectivity index (χ4v) is 3.02. The van der Waals surface area contributed by atoms with E-state index in [0.29, 0.717) is 12.0 Å². The number of benzene rings is 1. The van der Waals surface area contributed by atoms with E-state index in [1.807, 2.05) is 11.8 Å². The van der Waals surface area contributed by atoms with E-state index in [-0.39, 0.29) is 0 Å². The molecular weight excluding hydrogens is 240 g/mol. The van der Waals surface area contributed by atoms with E-state index in [1.165, 1.54) is 17.7 Å². The average Bonchev–Trinajstić information content (AvgIpc) is 2.39. The third kappa shape index (κ3) is 3.52. The molecule has 3 heteroatoms. The van der Waals surface area contributed by atoms with Crippen molar-refractivity contribution < 1.29 is 0 Å². The van der Waals surface area contributed by atoms with Crippen LogP contribution in [0.15, 0.2) is 29.3 Å². The molecule has 2 rings (SSSR count). The molecule has 0 aliphatic carbocycles. The zero-order valence-electron chi connectivity index (χ0n) is 11.4. The Morgan fingerprint density at radius 1 is 1.44 bits per heavy atom. The molecule has 0 bridgehead atoms. The first kappa shape index (κ1) is 13.5. The van der Waals surface area contributed by atoms with Crippen LogP contribution in [-0.4, -0.2) is 17.0 Å². The SMILES string of the molecule is CCC1CCSC(Nc2cccc(C(C)C)c2)=N1. The quantitative estimate of drug-likeness (QED) is 0.867. The average molecular weight is 262 g/mol. The Labute approximate surface area is 114 Å². The fourth-order valence-electron chi connectivity index (χ4n) is 2.02. The van der Waals surface area contributed by atoms with E-state index in [0.717, 1.165) is 17.3 Å². The molecule has 0 fully saturated rings. The first-order chi connectivity index (χ1) is 8.69. The van der Waals surface area contributed by atoms with Crippen molar-refractivity contribution in [1.82, 2.24) is 0 Å². The van der Waals surface area contributed by atoms with Gasteiger partial charge in [0.1, 0.15) is 0 Å². The second kappa shape index (κ2) is 6.28. The Kier molecular flexibility index (Phi) is 4.70. The molecule has 0 saturated carbocycles. The van der Waals surface area contributed by atoms with Gasteiger partial charge in [-0.25, -0.2) is 0 Å². The van der Waals surface area contributed by atoms with Gasteiger partial charge in [-0.3, -0.25) is 4.99 Å². The monoisotopic (exact) mass is 262 g/mol. The van der Waals surface area contributed by atoms with Crippen LogP contribution in [0.1, 0.15) is 45.1 Å². The van der Waals surface area contributed by atoms with E-state index in [4.69, 9.17) is 4.99 Å². The van der Waals surface area contributed by atoms with Crippen LogP contribution < -0.4 is 5.32 Å². The van der Waals surface area contributed by atoms with Gasteiger partial charge in [0.2, 0.25) is 0 Å². The molecule has 1 unspecified atom stereocenters. The van der Waals surface area contributed by atoms with E-state index in [9.17, 15) is 0 Å². The summed E-state index contributed by atoms with van der Waals surface area (Å²) in [7, 11) is 0. The summed E-state index contributed by atoms with van der Waals surface area (Å²) in [4.78, 5) is 4.74. The maximum Gasteiger partial charge on any atom is 0.161 e. The molecule has 0 spiro atoms. The molecule has 18 heavy (non-hydrogen) atoms. The topological polar surface area (TPSA) is 24.4 Å². The minimum absolute atomic E-state index is 0.502. The maximum atomic E-state index is 4.74. The summed E-state index contributed by atoms with van der Waals surface area (Å²) < 4.78 is 0. The predicted octanol–water partition coefficient (Wildman–Crippen LogP) is 4.49. The van der Waals surface area contributed by atoms with E-state index in [2.05, 4.69) is 50.4 Å². The number of aliphatic imine (C=N–C) groups is 1. The van der Waals surface area contributed by atoms with Crippen LogP contribution in [0.4, 0.5) is 5.69 Å². The Morgan fingerprint density at radius 3 is 3.00 bits per heavy atom. The summed E-state index contributed by atoms with van der Waals surface area (Å²) in [6.45, 7) is 6.65. The van der Waals surface area contributed by atoms with E-state index in [1.54, 1.807) is 0 Å². The first-order valence-corrected chi connectivity index (χ1v) is 7.75. The number of nitrogens with zero attached hydrogens (tertiary/aromatic N) is 1. The third-order valence-electron chi connectivity index (χ3n) is 3.27. The van der Waals surface area contributed by atoms with Crippen LogP contribution in [0.5, 0.6) is 0 Å². The van der Waals surface area contributed by atoms with Crippen molar-refractivity contribution in [2.45, 2.75) is 45.6 Å². The van der Waals surface area contributed by atoms with Gasteiger partial charge >= 0.3 is 0 Å². The van der Waals surface area contributed by atoms with Crippen LogP contribution in [0.2, 0.25) is 0 Å². The Morgan fingerprint density at radius 2 is 2.28 bits per heavy atom. The van der Waals surface area contributed by atoms with Gasteiger partial charge in [-0.1, -0.05) is 44.7 Å². The normalized spacial score (nSPS) is 19.8. The number of nitrogens with one attached hydrogen (secondary N) is 1. The summed E-state index contributed by atoms with van der Waals surface area (Å²) in [6, 6.07) is 9.14. The van der Waals surface area contributed by atoms with E-state index < -0.39 is 0 Å². The van der Waals surface area contributed by atoms with Crippen molar-refractivity contribution in [2.75, 3.05) is 11.1 Å². The molecule has 1 aromatic rings. The van der Waals surface area contributed by atoms with Crippen molar-refractivity contribution in [3.63, 3.8) is 0 Å². The number of amidine groups is 1. The molecular formula is C15H22N2S. The molecule has 2 nitrogen and oxygen atoms in total. The van der Waals surface area contributed by atoms with Gasteiger partial charge in [0.15, 0.2) is 5.17 Å². The van der Waals surface area contributed by atoms with Crippen LogP contribution >= 0.6 is 11.8 Å². The largest absolute Gasteiger partial charge is 0.335 e. The lowest BCUT2D eigenvalue weighted by Crippen LogP contribution is -2.19. The second-order valence-corrected chi connectivity index (χ2v) is 6.12. The number of hydrogen-bond donors (Lipinski definition) is 1. The highest BCUT2D eigenvalue weighted by atomic mass is 32.2. The highest BCUT2D eigenvalue weighted by Gasteiger charge is 2.14. The zero-order chi connectivity index (χ0) is 13.0. The molecule has 1 N–H and O–H groups in total. The van der Waals surface area contributed by atoms with Gasteiger partial charge in [0.25, 0.3) is 0 Å². The Balaban J connectivity index is 2.09. The van der Waals surface area contributed by atoms with E-state index >= 15 is 0 Å². The molecule has 1 aliphatic rings. The summed E-state index contributed by atoms with van der Waals surface area (Å²) in [5.41, 5.74) is 2.53. The lowest BCUT2D eigenvalue weighted by atomic mass is 10.0. The molecule has 1 aliphatic heterocycles. The second-order valence-electron chi connectivity index (χ2n) is 5.04. The van der Waals surface area contributed by atoms with Crippen LogP contribution in [0, 0.1) is 0 Å². The number of thioether (sulfide) groups is 1. The van der Waals surface area contributed by atoms with Crippen molar-refractivity contribution in [3.05, 3.63) is 29.8 Å². The third-order valence-corrected chi connectivity index (χ3v) is 4.19. The van der Waals surface area contributed by atoms with Crippen molar-refractivity contribution >= 4 is 22.6 Å². The molecule has 0 radical (unpaired) electrons. The van der Waals surface area contributed by atoms with Crippen LogP contribution in [0.3, 0.4) is 0 Å². The maximum absolute atomic E-state index is 4.74. The minimum Gasteiger partial charge on any atom is -0.335 e. The summed E-state index contributed by atoms with van der Waals surface area (Å²) >= 11 is 1.83. The van der Waals surface area contributed by atoms with Gasteiger partial charge in [0.05, 0.1) is 6.04 Å². The van der Waals surface area contributed by atoms with Crippen LogP contribution in [-0.2, 0) is 0 Å². The summed E-state index contributed by atoms with van der Waals surface area (Å²) in [6.07, 6.45) is 2.34. The zero-order valence-corrected chi connectivity index (χ0v) is 12.3. The molecule has 0 amide bonds. The summed E-state index contributed by atoms with van der Waals surface area (Å²) in [5, 5.41) is 4.53. The number of hydrogen-bond acceptors (Lipinski definition) is 3. The summed E-state index contributed by atoms with van der Waals surface area (Å²) in [5.74, 6) is 1.74. The fraction of sp³-hybridized carbons (Fsp3) is 0.533. The van der Waals surface area contributed by atoms with Gasteiger partial charge < -0.3 is 5.32 Å². The smallest absolute Gasteiger partial charge is 0.161 e. The Bertz CT molecular complexity index is 426. The van der Waals surface area contributed by atoms with Gasteiger partial charge in [-0.2, -0.15) is 0 Å². The van der Waals surface area contributed by atoms with Gasteiger partial charge in [0, 0.05) is 11.4 Å². The van der Waals surface area contributed by atoms with Crippen LogP contribution in [0.25, 0.3) is 0 Å². The van der Waals surface area contributed by atoms with Crippen molar-refractivity contribution in [1.29, 1.82) is 0 Å². The predicted molar refractivity (Wildman–Crippen MR) is 82.7 cm³/mol. The number of anilines is 1. The molecule has 1 atom stereocenters. The molecule has 1 heterocycles. The minimum atomic E-state index is 0.502. The van der Waals surface area contributed by atoms with Gasteiger partial charge in [-0.15, -0.1) is 0 Å². The highest BCUT2D eigenvalue weighted by Crippen LogP contribution is 2.23. The molecule has 1 aromatic carbocycles. The number of rotatable bonds is 3. The lowest BCUT2D eigenvalue weighted by Gasteiger charge is -2.20. The van der Waals surface area contributed by atoms with Crippen molar-refractivity contribution in [3.8, 4) is 0 Å². The standard InChI is InChI=1S/C15H22N2S/c1-4-13-8-9-18-15(16-13)17-14-7-5-6-12(10-14)11(2)3/h5-7,10-11,13H,4,8-9H2,1-3H3,(H,16,17). The van der Waals surface area contributed by atoms with Crippen molar-refractivity contribution in [2.24, 2.45) is 4.99 Å². The molecule has 98 valence electrons.